The molecule has 3 heterocycles. The molecular formula is C29H45N7O5S. The Morgan fingerprint density at radius 3 is 2.45 bits per heavy atom. The fraction of sp³-hybridized carbons (Fsp3) is 0.690. The van der Waals surface area contributed by atoms with Gasteiger partial charge in [-0.05, 0) is 58.8 Å². The molecular weight excluding hydrogens is 558 g/mol. The first-order chi connectivity index (χ1) is 20.0. The molecule has 12 nitrogen and oxygen atoms in total. The first-order valence-corrected chi connectivity index (χ1v) is 15.8. The zero-order chi connectivity index (χ0) is 30.3. The van der Waals surface area contributed by atoms with Crippen LogP contribution in [0.1, 0.15) is 100 Å². The Morgan fingerprint density at radius 2 is 1.79 bits per heavy atom. The Kier molecular flexibility index (Phi) is 10.7. The van der Waals surface area contributed by atoms with Gasteiger partial charge >= 0.3 is 12.2 Å². The summed E-state index contributed by atoms with van der Waals surface area (Å²) < 4.78 is 12.4. The van der Waals surface area contributed by atoms with Crippen LogP contribution < -0.4 is 20.9 Å². The van der Waals surface area contributed by atoms with E-state index < -0.39 is 17.6 Å². The van der Waals surface area contributed by atoms with E-state index in [9.17, 15) is 14.4 Å². The molecule has 13 heteroatoms. The number of aryl methyl sites for hydroxylation is 1. The molecule has 2 aromatic heterocycles. The summed E-state index contributed by atoms with van der Waals surface area (Å²) in [4.78, 5) is 45.0. The van der Waals surface area contributed by atoms with E-state index in [0.717, 1.165) is 75.3 Å². The van der Waals surface area contributed by atoms with Gasteiger partial charge in [0.25, 0.3) is 5.91 Å². The third-order valence-corrected chi connectivity index (χ3v) is 8.65. The van der Waals surface area contributed by atoms with Crippen LogP contribution >= 0.6 is 11.3 Å². The first-order valence-electron chi connectivity index (χ1n) is 15.0. The number of ether oxygens (including phenoxy) is 2. The summed E-state index contributed by atoms with van der Waals surface area (Å²) >= 11 is 1.35. The molecule has 3 N–H and O–H groups in total. The Labute approximate surface area is 251 Å². The molecule has 2 aliphatic rings. The summed E-state index contributed by atoms with van der Waals surface area (Å²) in [5.74, 6) is 1.04. The minimum atomic E-state index is -0.669. The number of hydrogen-bond donors (Lipinski definition) is 3. The van der Waals surface area contributed by atoms with Gasteiger partial charge in [0, 0.05) is 32.6 Å². The van der Waals surface area contributed by atoms with Crippen molar-refractivity contribution in [3.8, 4) is 0 Å². The number of anilines is 3. The minimum absolute atomic E-state index is 0.179. The van der Waals surface area contributed by atoms with Gasteiger partial charge in [0.1, 0.15) is 16.3 Å². The third kappa shape index (κ3) is 8.59. The van der Waals surface area contributed by atoms with Crippen LogP contribution in [0, 0.1) is 5.92 Å². The monoisotopic (exact) mass is 603 g/mol. The molecule has 42 heavy (non-hydrogen) atoms. The van der Waals surface area contributed by atoms with Crippen LogP contribution in [-0.2, 0) is 16.5 Å². The standard InChI is InChI=1S/C29H45N7O5S/c1-6-7-16-40-27(38)30-17-19-12-14-36(15-13-19)26-21(18-31-35(26)5)32-23(37)22-25(34-28(39)41-29(2,3)4)42-24(33-22)20-10-8-9-11-20/h18-20H,6-17H2,1-5H3,(H,30,38)(H,32,37)(H,34,39). The van der Waals surface area contributed by atoms with Gasteiger partial charge in [-0.2, -0.15) is 5.10 Å². The van der Waals surface area contributed by atoms with Crippen molar-refractivity contribution in [2.24, 2.45) is 13.0 Å². The highest BCUT2D eigenvalue weighted by molar-refractivity contribution is 7.16. The Hall–Kier alpha value is -3.35. The summed E-state index contributed by atoms with van der Waals surface area (Å²) in [5.41, 5.74) is 0.0905. The zero-order valence-corrected chi connectivity index (χ0v) is 26.3. The number of amides is 3. The quantitative estimate of drug-likeness (QED) is 0.286. The molecule has 232 valence electrons. The number of piperidine rings is 1. The van der Waals surface area contributed by atoms with Crippen molar-refractivity contribution in [3.63, 3.8) is 0 Å². The van der Waals surface area contributed by atoms with Gasteiger partial charge in [-0.15, -0.1) is 11.3 Å². The molecule has 1 aliphatic carbocycles. The van der Waals surface area contributed by atoms with Crippen LogP contribution in [0.2, 0.25) is 0 Å². The number of aromatic nitrogens is 3. The second-order valence-corrected chi connectivity index (χ2v) is 13.1. The van der Waals surface area contributed by atoms with E-state index in [1.807, 2.05) is 7.05 Å². The van der Waals surface area contributed by atoms with E-state index >= 15 is 0 Å². The average molecular weight is 604 g/mol. The lowest BCUT2D eigenvalue weighted by Crippen LogP contribution is -2.39. The Balaban J connectivity index is 1.41. The molecule has 0 radical (unpaired) electrons. The number of alkyl carbamates (subject to hydrolysis) is 1. The Bertz CT molecular complexity index is 1220. The largest absolute Gasteiger partial charge is 0.450 e. The van der Waals surface area contributed by atoms with Crippen molar-refractivity contribution in [3.05, 3.63) is 16.9 Å². The van der Waals surface area contributed by atoms with Crippen LogP contribution in [0.15, 0.2) is 6.20 Å². The van der Waals surface area contributed by atoms with Gasteiger partial charge in [0.15, 0.2) is 11.5 Å². The summed E-state index contributed by atoms with van der Waals surface area (Å²) in [6, 6.07) is 0. The van der Waals surface area contributed by atoms with Crippen LogP contribution in [0.25, 0.3) is 0 Å². The second-order valence-electron chi connectivity index (χ2n) is 12.1. The minimum Gasteiger partial charge on any atom is -0.450 e. The van der Waals surface area contributed by atoms with Crippen LogP contribution in [0.4, 0.5) is 26.1 Å². The van der Waals surface area contributed by atoms with Crippen molar-refractivity contribution in [2.75, 3.05) is 41.8 Å². The lowest BCUT2D eigenvalue weighted by Gasteiger charge is -2.33. The number of nitrogens with zero attached hydrogens (tertiary/aromatic N) is 4. The maximum atomic E-state index is 13.6. The molecule has 0 unspecified atom stereocenters. The predicted octanol–water partition coefficient (Wildman–Crippen LogP) is 5.88. The van der Waals surface area contributed by atoms with Gasteiger partial charge in [0.05, 0.1) is 17.8 Å². The fourth-order valence-corrected chi connectivity index (χ4v) is 6.45. The Morgan fingerprint density at radius 1 is 1.07 bits per heavy atom. The third-order valence-electron chi connectivity index (χ3n) is 7.51. The average Bonchev–Trinajstić information content (AvgIpc) is 3.68. The summed E-state index contributed by atoms with van der Waals surface area (Å²) in [5, 5.41) is 14.3. The van der Waals surface area contributed by atoms with Crippen LogP contribution in [0.5, 0.6) is 0 Å². The van der Waals surface area contributed by atoms with E-state index in [4.69, 9.17) is 14.5 Å². The summed E-state index contributed by atoms with van der Waals surface area (Å²) in [6.07, 6.45) is 8.59. The first kappa shape index (κ1) is 31.6. The number of nitrogens with one attached hydrogen (secondary N) is 3. The number of rotatable bonds is 10. The molecule has 0 atom stereocenters. The van der Waals surface area contributed by atoms with Crippen molar-refractivity contribution in [1.82, 2.24) is 20.1 Å². The van der Waals surface area contributed by atoms with Gasteiger partial charge in [-0.1, -0.05) is 26.2 Å². The van der Waals surface area contributed by atoms with E-state index in [-0.39, 0.29) is 11.8 Å². The van der Waals surface area contributed by atoms with Gasteiger partial charge < -0.3 is 25.0 Å². The number of carbonyl (C=O) groups is 3. The molecule has 1 saturated carbocycles. The van der Waals surface area contributed by atoms with Crippen molar-refractivity contribution < 1.29 is 23.9 Å². The van der Waals surface area contributed by atoms with Gasteiger partial charge in [-0.25, -0.2) is 14.6 Å². The number of thiazole rings is 1. The summed E-state index contributed by atoms with van der Waals surface area (Å²) in [7, 11) is 1.85. The predicted molar refractivity (Wildman–Crippen MR) is 164 cm³/mol. The van der Waals surface area contributed by atoms with E-state index in [1.165, 1.54) is 11.3 Å². The molecule has 2 fully saturated rings. The molecule has 2 aromatic rings. The van der Waals surface area contributed by atoms with Crippen molar-refractivity contribution >= 4 is 45.9 Å². The second kappa shape index (κ2) is 14.2. The van der Waals surface area contributed by atoms with Crippen molar-refractivity contribution in [1.29, 1.82) is 0 Å². The lowest BCUT2D eigenvalue weighted by molar-refractivity contribution is 0.0636. The SMILES string of the molecule is CCCCOC(=O)NCC1CCN(c2c(NC(=O)c3nc(C4CCCC4)sc3NC(=O)OC(C)(C)C)cnn2C)CC1. The maximum Gasteiger partial charge on any atom is 0.412 e. The molecule has 3 amide bonds. The molecule has 1 aliphatic heterocycles. The van der Waals surface area contributed by atoms with Crippen LogP contribution in [-0.4, -0.2) is 64.7 Å². The molecule has 1 saturated heterocycles. The summed E-state index contributed by atoms with van der Waals surface area (Å²) in [6.45, 7) is 9.97. The van der Waals surface area contributed by atoms with E-state index in [2.05, 4.69) is 32.9 Å². The van der Waals surface area contributed by atoms with Crippen molar-refractivity contribution in [2.45, 2.75) is 90.6 Å². The molecule has 0 aromatic carbocycles. The fourth-order valence-electron chi connectivity index (χ4n) is 5.33. The maximum absolute atomic E-state index is 13.6. The number of unbranched alkanes of at least 4 members (excludes halogenated alkanes) is 1. The highest BCUT2D eigenvalue weighted by Gasteiger charge is 2.29. The normalized spacial score (nSPS) is 16.4. The number of carbonyl (C=O) groups excluding carboxylic acids is 3. The lowest BCUT2D eigenvalue weighted by atomic mass is 9.97. The topological polar surface area (TPSA) is 140 Å². The van der Waals surface area contributed by atoms with Gasteiger partial charge in [-0.3, -0.25) is 14.8 Å². The molecule has 0 bridgehead atoms. The number of hydrogen-bond acceptors (Lipinski definition) is 9. The van der Waals surface area contributed by atoms with E-state index in [0.29, 0.717) is 35.7 Å². The molecule has 4 rings (SSSR count). The highest BCUT2D eigenvalue weighted by Crippen LogP contribution is 2.39. The van der Waals surface area contributed by atoms with Gasteiger partial charge in [0.2, 0.25) is 0 Å². The zero-order valence-electron chi connectivity index (χ0n) is 25.5. The smallest absolute Gasteiger partial charge is 0.412 e. The van der Waals surface area contributed by atoms with E-state index in [1.54, 1.807) is 31.6 Å². The molecule has 0 spiro atoms. The highest BCUT2D eigenvalue weighted by atomic mass is 32.1. The van der Waals surface area contributed by atoms with Crippen LogP contribution in [0.3, 0.4) is 0 Å².